The van der Waals surface area contributed by atoms with Crippen LogP contribution >= 0.6 is 0 Å². The van der Waals surface area contributed by atoms with E-state index in [2.05, 4.69) is 9.17 Å². The van der Waals surface area contributed by atoms with Crippen molar-refractivity contribution in [2.45, 2.75) is 6.92 Å². The van der Waals surface area contributed by atoms with Gasteiger partial charge in [-0.05, 0) is 6.92 Å². The van der Waals surface area contributed by atoms with Crippen molar-refractivity contribution < 1.29 is 12.6 Å². The zero-order valence-corrected chi connectivity index (χ0v) is 8.28. The van der Waals surface area contributed by atoms with Crippen molar-refractivity contribution in [3.05, 3.63) is 24.0 Å². The fourth-order valence-electron chi connectivity index (χ4n) is 0.731. The number of rotatable bonds is 3. The zero-order valence-electron chi connectivity index (χ0n) is 7.47. The second-order valence-corrected chi connectivity index (χ2v) is 4.31. The van der Waals surface area contributed by atoms with E-state index in [1.165, 1.54) is 25.4 Å². The first kappa shape index (κ1) is 10.5. The summed E-state index contributed by atoms with van der Waals surface area (Å²) in [5, 5.41) is 8.52. The van der Waals surface area contributed by atoms with Gasteiger partial charge < -0.3 is 4.18 Å². The number of hydrogen-bond donors (Lipinski definition) is 0. The van der Waals surface area contributed by atoms with Crippen molar-refractivity contribution in [2.75, 3.05) is 5.75 Å². The van der Waals surface area contributed by atoms with Gasteiger partial charge in [0, 0.05) is 12.3 Å². The van der Waals surface area contributed by atoms with E-state index in [0.717, 1.165) is 0 Å². The van der Waals surface area contributed by atoms with Gasteiger partial charge in [-0.3, -0.25) is 4.98 Å². The van der Waals surface area contributed by atoms with E-state index in [0.29, 0.717) is 0 Å². The summed E-state index contributed by atoms with van der Waals surface area (Å²) < 4.78 is 26.7. The monoisotopic (exact) mass is 212 g/mol. The molecule has 1 aromatic heterocycles. The average Bonchev–Trinajstić information content (AvgIpc) is 2.17. The van der Waals surface area contributed by atoms with Crippen LogP contribution in [0.1, 0.15) is 12.5 Å². The highest BCUT2D eigenvalue weighted by Crippen LogP contribution is 2.12. The second kappa shape index (κ2) is 4.07. The molecule has 0 bridgehead atoms. The van der Waals surface area contributed by atoms with Gasteiger partial charge in [0.1, 0.15) is 6.07 Å². The molecule has 0 amide bonds. The minimum absolute atomic E-state index is 0.0610. The molecule has 0 atom stereocenters. The standard InChI is InChI=1S/C8H8N2O3S/c1-2-14(11,12)13-8-3-7(4-9)5-10-6-8/h3,5-6H,2H2,1H3. The molecule has 5 nitrogen and oxygen atoms in total. The fourth-order valence-corrected chi connectivity index (χ4v) is 1.23. The molecule has 0 fully saturated rings. The smallest absolute Gasteiger partial charge is 0.308 e. The Bertz CT molecular complexity index is 462. The first-order valence-electron chi connectivity index (χ1n) is 3.84. The fraction of sp³-hybridized carbons (Fsp3) is 0.250. The van der Waals surface area contributed by atoms with E-state index >= 15 is 0 Å². The summed E-state index contributed by atoms with van der Waals surface area (Å²) in [6.45, 7) is 1.47. The SMILES string of the molecule is CCS(=O)(=O)Oc1cncc(C#N)c1. The van der Waals surface area contributed by atoms with Crippen molar-refractivity contribution in [3.8, 4) is 11.8 Å². The van der Waals surface area contributed by atoms with Gasteiger partial charge in [0.15, 0.2) is 5.75 Å². The van der Waals surface area contributed by atoms with E-state index in [9.17, 15) is 8.42 Å². The number of pyridine rings is 1. The third kappa shape index (κ3) is 2.71. The molecule has 6 heteroatoms. The third-order valence-corrected chi connectivity index (χ3v) is 2.57. The Hall–Kier alpha value is -1.61. The van der Waals surface area contributed by atoms with Gasteiger partial charge in [-0.2, -0.15) is 13.7 Å². The quantitative estimate of drug-likeness (QED) is 0.688. The van der Waals surface area contributed by atoms with Crippen LogP contribution in [0.15, 0.2) is 18.5 Å². The molecule has 0 N–H and O–H groups in total. The summed E-state index contributed by atoms with van der Waals surface area (Å²) in [6, 6.07) is 3.15. The molecular formula is C8H8N2O3S. The van der Waals surface area contributed by atoms with Crippen LogP contribution in [0.4, 0.5) is 0 Å². The van der Waals surface area contributed by atoms with E-state index in [1.54, 1.807) is 0 Å². The Morgan fingerprint density at radius 1 is 1.57 bits per heavy atom. The topological polar surface area (TPSA) is 80.1 Å². The van der Waals surface area contributed by atoms with E-state index < -0.39 is 10.1 Å². The molecule has 1 rings (SSSR count). The van der Waals surface area contributed by atoms with Crippen LogP contribution in [0, 0.1) is 11.3 Å². The summed E-state index contributed by atoms with van der Waals surface area (Å²) in [5.74, 6) is -0.0602. The summed E-state index contributed by atoms with van der Waals surface area (Å²) in [5.41, 5.74) is 0.258. The summed E-state index contributed by atoms with van der Waals surface area (Å²) in [4.78, 5) is 3.66. The van der Waals surface area contributed by atoms with Gasteiger partial charge in [-0.1, -0.05) is 0 Å². The minimum Gasteiger partial charge on any atom is -0.381 e. The van der Waals surface area contributed by atoms with Crippen molar-refractivity contribution in [2.24, 2.45) is 0 Å². The highest BCUT2D eigenvalue weighted by molar-refractivity contribution is 7.87. The lowest BCUT2D eigenvalue weighted by Gasteiger charge is -2.03. The number of aromatic nitrogens is 1. The highest BCUT2D eigenvalue weighted by atomic mass is 32.2. The Morgan fingerprint density at radius 3 is 2.86 bits per heavy atom. The maximum absolute atomic E-state index is 11.0. The molecule has 14 heavy (non-hydrogen) atoms. The Kier molecular flexibility index (Phi) is 3.04. The maximum Gasteiger partial charge on any atom is 0.308 e. The Balaban J connectivity index is 2.94. The van der Waals surface area contributed by atoms with Gasteiger partial charge >= 0.3 is 10.1 Å². The van der Waals surface area contributed by atoms with Gasteiger partial charge in [-0.15, -0.1) is 0 Å². The summed E-state index contributed by atoms with van der Waals surface area (Å²) >= 11 is 0. The van der Waals surface area contributed by atoms with Crippen molar-refractivity contribution in [1.82, 2.24) is 4.98 Å². The van der Waals surface area contributed by atoms with E-state index in [-0.39, 0.29) is 17.1 Å². The third-order valence-electron chi connectivity index (χ3n) is 1.42. The first-order chi connectivity index (χ1) is 6.57. The predicted molar refractivity (Wildman–Crippen MR) is 49.0 cm³/mol. The van der Waals surface area contributed by atoms with Crippen LogP contribution in [-0.2, 0) is 10.1 Å². The summed E-state index contributed by atoms with van der Waals surface area (Å²) in [6.07, 6.45) is 2.57. The van der Waals surface area contributed by atoms with Crippen LogP contribution < -0.4 is 4.18 Å². The molecule has 0 aromatic carbocycles. The lowest BCUT2D eigenvalue weighted by atomic mass is 10.3. The molecule has 0 unspecified atom stereocenters. The molecule has 0 aliphatic carbocycles. The Labute approximate surface area is 82.1 Å². The number of nitriles is 1. The molecule has 0 radical (unpaired) electrons. The molecule has 0 saturated carbocycles. The molecule has 1 heterocycles. The molecule has 0 aliphatic heterocycles. The van der Waals surface area contributed by atoms with Crippen molar-refractivity contribution in [1.29, 1.82) is 5.26 Å². The van der Waals surface area contributed by atoms with Gasteiger partial charge in [-0.25, -0.2) is 0 Å². The van der Waals surface area contributed by atoms with E-state index in [1.807, 2.05) is 6.07 Å². The van der Waals surface area contributed by atoms with Crippen LogP contribution in [0.5, 0.6) is 5.75 Å². The van der Waals surface area contributed by atoms with Gasteiger partial charge in [0.25, 0.3) is 0 Å². The number of nitrogens with zero attached hydrogens (tertiary/aromatic N) is 2. The lowest BCUT2D eigenvalue weighted by molar-refractivity contribution is 0.486. The van der Waals surface area contributed by atoms with Crippen LogP contribution in [-0.4, -0.2) is 19.2 Å². The predicted octanol–water partition coefficient (Wildman–Crippen LogP) is 0.682. The highest BCUT2D eigenvalue weighted by Gasteiger charge is 2.09. The first-order valence-corrected chi connectivity index (χ1v) is 5.42. The lowest BCUT2D eigenvalue weighted by Crippen LogP contribution is -2.11. The maximum atomic E-state index is 11.0. The van der Waals surface area contributed by atoms with Crippen molar-refractivity contribution >= 4 is 10.1 Å². The zero-order chi connectivity index (χ0) is 10.6. The molecule has 74 valence electrons. The molecule has 0 spiro atoms. The normalized spacial score (nSPS) is 10.6. The molecular weight excluding hydrogens is 204 g/mol. The van der Waals surface area contributed by atoms with Crippen molar-refractivity contribution in [3.63, 3.8) is 0 Å². The van der Waals surface area contributed by atoms with Crippen LogP contribution in [0.2, 0.25) is 0 Å². The van der Waals surface area contributed by atoms with Gasteiger partial charge in [0.2, 0.25) is 0 Å². The van der Waals surface area contributed by atoms with Crippen LogP contribution in [0.3, 0.4) is 0 Å². The van der Waals surface area contributed by atoms with E-state index in [4.69, 9.17) is 5.26 Å². The Morgan fingerprint density at radius 2 is 2.29 bits per heavy atom. The number of hydrogen-bond acceptors (Lipinski definition) is 5. The molecule has 0 saturated heterocycles. The minimum atomic E-state index is -3.55. The van der Waals surface area contributed by atoms with Gasteiger partial charge in [0.05, 0.1) is 17.5 Å². The van der Waals surface area contributed by atoms with Crippen LogP contribution in [0.25, 0.3) is 0 Å². The summed E-state index contributed by atoms with van der Waals surface area (Å²) in [7, 11) is -3.55. The second-order valence-electron chi connectivity index (χ2n) is 2.45. The molecule has 0 aliphatic rings. The molecule has 1 aromatic rings. The largest absolute Gasteiger partial charge is 0.381 e. The average molecular weight is 212 g/mol.